The molecule has 2 N–H and O–H groups in total. The van der Waals surface area contributed by atoms with Crippen LogP contribution in [0, 0.1) is 0 Å². The van der Waals surface area contributed by atoms with E-state index < -0.39 is 0 Å². The molecular weight excluding hydrogens is 306 g/mol. The number of piperidine rings is 1. The van der Waals surface area contributed by atoms with E-state index >= 15 is 0 Å². The largest absolute Gasteiger partial charge is 0.459 e. The fraction of sp³-hybridized carbons (Fsp3) is 0.333. The number of carbonyl (C=O) groups is 2. The van der Waals surface area contributed by atoms with Gasteiger partial charge in [0.05, 0.1) is 12.8 Å². The van der Waals surface area contributed by atoms with Crippen LogP contribution in [0.5, 0.6) is 0 Å². The Morgan fingerprint density at radius 2 is 1.83 bits per heavy atom. The molecule has 3 rings (SSSR count). The van der Waals surface area contributed by atoms with Crippen LogP contribution < -0.4 is 10.6 Å². The van der Waals surface area contributed by atoms with Crippen LogP contribution in [0.3, 0.4) is 0 Å². The van der Waals surface area contributed by atoms with Gasteiger partial charge in [0.15, 0.2) is 5.76 Å². The third kappa shape index (κ3) is 4.16. The smallest absolute Gasteiger partial charge is 0.289 e. The molecule has 1 aromatic heterocycles. The van der Waals surface area contributed by atoms with Gasteiger partial charge in [0.25, 0.3) is 5.91 Å². The summed E-state index contributed by atoms with van der Waals surface area (Å²) in [4.78, 5) is 26.0. The van der Waals surface area contributed by atoms with E-state index in [4.69, 9.17) is 4.42 Å². The molecule has 126 valence electrons. The molecule has 1 aromatic carbocycles. The maximum absolute atomic E-state index is 12.2. The van der Waals surface area contributed by atoms with Gasteiger partial charge in [-0.25, -0.2) is 0 Å². The number of amides is 2. The second kappa shape index (κ2) is 7.68. The van der Waals surface area contributed by atoms with Crippen LogP contribution in [-0.4, -0.2) is 42.4 Å². The van der Waals surface area contributed by atoms with Gasteiger partial charge in [-0.05, 0) is 37.1 Å². The third-order valence-corrected chi connectivity index (χ3v) is 4.11. The first kappa shape index (κ1) is 16.1. The molecule has 0 spiro atoms. The molecule has 24 heavy (non-hydrogen) atoms. The van der Waals surface area contributed by atoms with Crippen LogP contribution in [0.1, 0.15) is 23.4 Å². The molecule has 6 nitrogen and oxygen atoms in total. The number of rotatable bonds is 5. The first-order chi connectivity index (χ1) is 11.7. The highest BCUT2D eigenvalue weighted by Gasteiger charge is 2.25. The minimum absolute atomic E-state index is 0.0327. The minimum atomic E-state index is -0.0875. The number of furan rings is 1. The summed E-state index contributed by atoms with van der Waals surface area (Å²) in [5, 5.41) is 6.11. The van der Waals surface area contributed by atoms with E-state index in [0.717, 1.165) is 18.5 Å². The highest BCUT2D eigenvalue weighted by Crippen LogP contribution is 2.14. The lowest BCUT2D eigenvalue weighted by Crippen LogP contribution is -2.47. The van der Waals surface area contributed by atoms with Crippen molar-refractivity contribution in [3.63, 3.8) is 0 Å². The zero-order valence-corrected chi connectivity index (χ0v) is 13.4. The molecule has 1 fully saturated rings. The van der Waals surface area contributed by atoms with Gasteiger partial charge >= 0.3 is 0 Å². The maximum Gasteiger partial charge on any atom is 0.289 e. The van der Waals surface area contributed by atoms with Gasteiger partial charge in [-0.2, -0.15) is 0 Å². The van der Waals surface area contributed by atoms with Crippen molar-refractivity contribution in [2.24, 2.45) is 0 Å². The molecule has 0 saturated carbocycles. The maximum atomic E-state index is 12.2. The second-order valence-corrected chi connectivity index (χ2v) is 5.83. The van der Waals surface area contributed by atoms with E-state index in [1.54, 1.807) is 17.0 Å². The summed E-state index contributed by atoms with van der Waals surface area (Å²) in [6.45, 7) is 1.49. The SMILES string of the molecule is O=C(CNc1ccccc1)NC1CCN(C(=O)c2ccco2)CC1. The summed E-state index contributed by atoms with van der Waals surface area (Å²) in [6.07, 6.45) is 3.01. The molecule has 6 heteroatoms. The molecule has 2 amide bonds. The topological polar surface area (TPSA) is 74.6 Å². The predicted octanol–water partition coefficient (Wildman–Crippen LogP) is 2.11. The normalized spacial score (nSPS) is 15.1. The zero-order chi connectivity index (χ0) is 16.8. The summed E-state index contributed by atoms with van der Waals surface area (Å²) in [6, 6.07) is 13.1. The summed E-state index contributed by atoms with van der Waals surface area (Å²) < 4.78 is 5.14. The number of para-hydroxylation sites is 1. The van der Waals surface area contributed by atoms with Crippen molar-refractivity contribution in [1.82, 2.24) is 10.2 Å². The van der Waals surface area contributed by atoms with Crippen molar-refractivity contribution < 1.29 is 14.0 Å². The lowest BCUT2D eigenvalue weighted by molar-refractivity contribution is -0.120. The Kier molecular flexibility index (Phi) is 5.15. The van der Waals surface area contributed by atoms with Crippen molar-refractivity contribution >= 4 is 17.5 Å². The van der Waals surface area contributed by atoms with Crippen LogP contribution in [-0.2, 0) is 4.79 Å². The van der Waals surface area contributed by atoms with E-state index in [2.05, 4.69) is 10.6 Å². The number of hydrogen-bond acceptors (Lipinski definition) is 4. The van der Waals surface area contributed by atoms with Gasteiger partial charge in [-0.3, -0.25) is 9.59 Å². The Bertz CT molecular complexity index is 662. The van der Waals surface area contributed by atoms with Crippen molar-refractivity contribution in [1.29, 1.82) is 0 Å². The number of carbonyl (C=O) groups excluding carboxylic acids is 2. The molecule has 2 aromatic rings. The Labute approximate surface area is 140 Å². The van der Waals surface area contributed by atoms with Gasteiger partial charge in [0.2, 0.25) is 5.91 Å². The summed E-state index contributed by atoms with van der Waals surface area (Å²) in [5.74, 6) is 0.245. The first-order valence-corrected chi connectivity index (χ1v) is 8.13. The standard InChI is InChI=1S/C18H21N3O3/c22-17(13-19-14-5-2-1-3-6-14)20-15-8-10-21(11-9-15)18(23)16-7-4-12-24-16/h1-7,12,15,19H,8-11,13H2,(H,20,22). The van der Waals surface area contributed by atoms with Gasteiger partial charge < -0.3 is 20.0 Å². The highest BCUT2D eigenvalue weighted by molar-refractivity contribution is 5.91. The molecule has 0 aliphatic carbocycles. The molecule has 0 radical (unpaired) electrons. The van der Waals surface area contributed by atoms with Gasteiger partial charge in [-0.15, -0.1) is 0 Å². The van der Waals surface area contributed by atoms with E-state index in [0.29, 0.717) is 18.8 Å². The van der Waals surface area contributed by atoms with Gasteiger partial charge in [0.1, 0.15) is 0 Å². The summed E-state index contributed by atoms with van der Waals surface area (Å²) in [7, 11) is 0. The van der Waals surface area contributed by atoms with Crippen molar-refractivity contribution in [2.75, 3.05) is 25.0 Å². The summed E-state index contributed by atoms with van der Waals surface area (Å²) in [5.41, 5.74) is 0.923. The van der Waals surface area contributed by atoms with Crippen LogP contribution >= 0.6 is 0 Å². The molecule has 1 aliphatic rings. The number of hydrogen-bond donors (Lipinski definition) is 2. The average Bonchev–Trinajstić information content (AvgIpc) is 3.16. The molecule has 1 aliphatic heterocycles. The minimum Gasteiger partial charge on any atom is -0.459 e. The third-order valence-electron chi connectivity index (χ3n) is 4.11. The van der Waals surface area contributed by atoms with Crippen molar-refractivity contribution in [2.45, 2.75) is 18.9 Å². The second-order valence-electron chi connectivity index (χ2n) is 5.83. The molecular formula is C18H21N3O3. The first-order valence-electron chi connectivity index (χ1n) is 8.13. The van der Waals surface area contributed by atoms with Crippen LogP contribution in [0.4, 0.5) is 5.69 Å². The Morgan fingerprint density at radius 3 is 2.50 bits per heavy atom. The number of benzene rings is 1. The fourth-order valence-corrected chi connectivity index (χ4v) is 2.80. The Balaban J connectivity index is 1.40. The number of anilines is 1. The molecule has 2 heterocycles. The molecule has 0 atom stereocenters. The molecule has 0 bridgehead atoms. The Morgan fingerprint density at radius 1 is 1.08 bits per heavy atom. The fourth-order valence-electron chi connectivity index (χ4n) is 2.80. The van der Waals surface area contributed by atoms with Crippen LogP contribution in [0.25, 0.3) is 0 Å². The number of nitrogens with zero attached hydrogens (tertiary/aromatic N) is 1. The quantitative estimate of drug-likeness (QED) is 0.882. The van der Waals surface area contributed by atoms with E-state index in [-0.39, 0.29) is 24.4 Å². The average molecular weight is 327 g/mol. The highest BCUT2D eigenvalue weighted by atomic mass is 16.3. The summed E-state index contributed by atoms with van der Waals surface area (Å²) >= 11 is 0. The van der Waals surface area contributed by atoms with E-state index in [9.17, 15) is 9.59 Å². The monoisotopic (exact) mass is 327 g/mol. The zero-order valence-electron chi connectivity index (χ0n) is 13.4. The van der Waals surface area contributed by atoms with Crippen LogP contribution in [0.15, 0.2) is 53.1 Å². The Hall–Kier alpha value is -2.76. The van der Waals surface area contributed by atoms with Crippen molar-refractivity contribution in [3.05, 3.63) is 54.5 Å². The molecule has 1 saturated heterocycles. The van der Waals surface area contributed by atoms with Crippen LogP contribution in [0.2, 0.25) is 0 Å². The van der Waals surface area contributed by atoms with Gasteiger partial charge in [0, 0.05) is 24.8 Å². The lowest BCUT2D eigenvalue weighted by atomic mass is 10.0. The van der Waals surface area contributed by atoms with Gasteiger partial charge in [-0.1, -0.05) is 18.2 Å². The predicted molar refractivity (Wildman–Crippen MR) is 90.7 cm³/mol. The lowest BCUT2D eigenvalue weighted by Gasteiger charge is -2.31. The number of nitrogens with one attached hydrogen (secondary N) is 2. The number of likely N-dealkylation sites (tertiary alicyclic amines) is 1. The van der Waals surface area contributed by atoms with Crippen molar-refractivity contribution in [3.8, 4) is 0 Å². The van der Waals surface area contributed by atoms with E-state index in [1.165, 1.54) is 6.26 Å². The molecule has 0 unspecified atom stereocenters. The van der Waals surface area contributed by atoms with E-state index in [1.807, 2.05) is 30.3 Å².